The quantitative estimate of drug-likeness (QED) is 0.241. The molecule has 0 bridgehead atoms. The molecule has 204 valence electrons. The first kappa shape index (κ1) is 27.3. The van der Waals surface area contributed by atoms with Crippen LogP contribution < -0.4 is 10.4 Å². The largest absolute Gasteiger partial charge is 0.351 e. The zero-order valence-corrected chi connectivity index (χ0v) is 23.3. The normalized spacial score (nSPS) is 11.4. The van der Waals surface area contributed by atoms with Gasteiger partial charge in [-0.2, -0.15) is 4.68 Å². The van der Waals surface area contributed by atoms with E-state index < -0.39 is 10.0 Å². The van der Waals surface area contributed by atoms with Gasteiger partial charge in [0.2, 0.25) is 5.95 Å². The molecule has 40 heavy (non-hydrogen) atoms. The van der Waals surface area contributed by atoms with E-state index in [0.717, 1.165) is 18.4 Å². The highest BCUT2D eigenvalue weighted by molar-refractivity contribution is 7.92. The Kier molecular flexibility index (Phi) is 8.09. The summed E-state index contributed by atoms with van der Waals surface area (Å²) in [4.78, 5) is 21.4. The lowest BCUT2D eigenvalue weighted by molar-refractivity contribution is 0.601. The number of aryl methyl sites for hydroxylation is 1. The lowest BCUT2D eigenvalue weighted by atomic mass is 10.0. The summed E-state index contributed by atoms with van der Waals surface area (Å²) in [5.74, 6) is 0.677. The number of hydrogen-bond donors (Lipinski definition) is 1. The van der Waals surface area contributed by atoms with Gasteiger partial charge in [0.05, 0.1) is 22.2 Å². The van der Waals surface area contributed by atoms with Crippen LogP contribution >= 0.6 is 11.6 Å². The molecule has 2 heterocycles. The minimum Gasteiger partial charge on any atom is -0.274 e. The van der Waals surface area contributed by atoms with Gasteiger partial charge in [0, 0.05) is 24.4 Å². The topological polar surface area (TPSA) is 112 Å². The summed E-state index contributed by atoms with van der Waals surface area (Å²) in [7, 11) is -3.94. The Hall–Kier alpha value is -4.28. The maximum Gasteiger partial charge on any atom is 0.351 e. The third-order valence-electron chi connectivity index (χ3n) is 6.35. The maximum absolute atomic E-state index is 13.4. The van der Waals surface area contributed by atoms with Gasteiger partial charge in [-0.25, -0.2) is 27.9 Å². The second-order valence-electron chi connectivity index (χ2n) is 9.12. The molecule has 1 N–H and O–H groups in total. The van der Waals surface area contributed by atoms with Crippen LogP contribution in [0.1, 0.15) is 31.2 Å². The second-order valence-corrected chi connectivity index (χ2v) is 11.2. The maximum atomic E-state index is 13.4. The van der Waals surface area contributed by atoms with E-state index in [4.69, 9.17) is 11.6 Å². The van der Waals surface area contributed by atoms with Crippen molar-refractivity contribution in [3.8, 4) is 16.8 Å². The Bertz CT molecular complexity index is 1790. The highest BCUT2D eigenvalue weighted by Gasteiger charge is 2.21. The molecule has 0 atom stereocenters. The Morgan fingerprint density at radius 3 is 2.33 bits per heavy atom. The van der Waals surface area contributed by atoms with Crippen LogP contribution in [0.15, 0.2) is 101 Å². The average Bonchev–Trinajstić information content (AvgIpc) is 3.27. The molecule has 0 aliphatic rings. The van der Waals surface area contributed by atoms with E-state index in [-0.39, 0.29) is 16.5 Å². The van der Waals surface area contributed by atoms with Crippen LogP contribution in [-0.4, -0.2) is 32.7 Å². The molecule has 0 saturated heterocycles. The summed E-state index contributed by atoms with van der Waals surface area (Å²) in [6.07, 6.45) is 5.45. The third kappa shape index (κ3) is 5.83. The smallest absolute Gasteiger partial charge is 0.274 e. The summed E-state index contributed by atoms with van der Waals surface area (Å²) >= 11 is 6.36. The fourth-order valence-corrected chi connectivity index (χ4v) is 5.74. The van der Waals surface area contributed by atoms with Crippen molar-refractivity contribution in [1.29, 1.82) is 0 Å². The van der Waals surface area contributed by atoms with E-state index in [0.29, 0.717) is 40.6 Å². The van der Waals surface area contributed by atoms with Crippen molar-refractivity contribution in [3.05, 3.63) is 118 Å². The van der Waals surface area contributed by atoms with Gasteiger partial charge in [0.25, 0.3) is 10.0 Å². The van der Waals surface area contributed by atoms with Gasteiger partial charge < -0.3 is 0 Å². The van der Waals surface area contributed by atoms with Crippen molar-refractivity contribution >= 4 is 27.6 Å². The SMILES string of the molecule is CCCCc1nn(-c2ccccc2Cl)c(=O)n1Cc1ccc(-c2ccccc2S(=O)(=O)Nc2ncccn2)cc1. The Balaban J connectivity index is 1.45. The molecule has 11 heteroatoms. The Morgan fingerprint density at radius 1 is 0.900 bits per heavy atom. The molecule has 0 amide bonds. The van der Waals surface area contributed by atoms with Gasteiger partial charge in [0.15, 0.2) is 0 Å². The molecule has 0 fully saturated rings. The van der Waals surface area contributed by atoms with Crippen molar-refractivity contribution in [2.45, 2.75) is 37.6 Å². The van der Waals surface area contributed by atoms with Gasteiger partial charge in [-0.3, -0.25) is 4.57 Å². The third-order valence-corrected chi connectivity index (χ3v) is 8.05. The molecule has 0 spiro atoms. The molecule has 3 aromatic carbocycles. The first-order chi connectivity index (χ1) is 19.4. The molecule has 0 aliphatic heterocycles. The first-order valence-electron chi connectivity index (χ1n) is 12.8. The number of sulfonamides is 1. The van der Waals surface area contributed by atoms with Crippen molar-refractivity contribution in [2.24, 2.45) is 0 Å². The number of unbranched alkanes of at least 4 members (excludes halogenated alkanes) is 1. The standard InChI is InChI=1S/C29H27ClN6O3S/c1-2-3-13-27-33-36(25-11-6-5-10-24(25)30)29(37)35(27)20-21-14-16-22(17-15-21)23-9-4-7-12-26(23)40(38,39)34-28-31-18-8-19-32-28/h4-12,14-19H,2-3,13,20H2,1H3,(H,31,32,34). The number of aromatic nitrogens is 5. The predicted octanol–water partition coefficient (Wildman–Crippen LogP) is 5.34. The highest BCUT2D eigenvalue weighted by Crippen LogP contribution is 2.29. The Labute approximate surface area is 237 Å². The van der Waals surface area contributed by atoms with Crippen LogP contribution in [0.4, 0.5) is 5.95 Å². The second kappa shape index (κ2) is 11.8. The van der Waals surface area contributed by atoms with Crippen molar-refractivity contribution < 1.29 is 8.42 Å². The highest BCUT2D eigenvalue weighted by atomic mass is 35.5. The van der Waals surface area contributed by atoms with Crippen LogP contribution in [-0.2, 0) is 23.0 Å². The predicted molar refractivity (Wildman–Crippen MR) is 155 cm³/mol. The van der Waals surface area contributed by atoms with Crippen molar-refractivity contribution in [1.82, 2.24) is 24.3 Å². The first-order valence-corrected chi connectivity index (χ1v) is 14.7. The monoisotopic (exact) mass is 574 g/mol. The van der Waals surface area contributed by atoms with Gasteiger partial charge in [-0.1, -0.05) is 79.5 Å². The summed E-state index contributed by atoms with van der Waals surface area (Å²) in [5, 5.41) is 5.06. The van der Waals surface area contributed by atoms with Crippen LogP contribution in [0.3, 0.4) is 0 Å². The number of para-hydroxylation sites is 1. The molecule has 9 nitrogen and oxygen atoms in total. The lowest BCUT2D eigenvalue weighted by Crippen LogP contribution is -2.25. The molecular weight excluding hydrogens is 548 g/mol. The number of benzene rings is 3. The summed E-state index contributed by atoms with van der Waals surface area (Å²) < 4.78 is 31.8. The number of rotatable bonds is 10. The van der Waals surface area contributed by atoms with Crippen LogP contribution in [0, 0.1) is 0 Å². The van der Waals surface area contributed by atoms with Crippen LogP contribution in [0.25, 0.3) is 16.8 Å². The van der Waals surface area contributed by atoms with Crippen molar-refractivity contribution in [3.63, 3.8) is 0 Å². The van der Waals surface area contributed by atoms with E-state index in [9.17, 15) is 13.2 Å². The lowest BCUT2D eigenvalue weighted by Gasteiger charge is -2.12. The number of nitrogens with one attached hydrogen (secondary N) is 1. The van der Waals surface area contributed by atoms with E-state index >= 15 is 0 Å². The summed E-state index contributed by atoms with van der Waals surface area (Å²) in [5.41, 5.74) is 2.38. The fraction of sp³-hybridized carbons (Fsp3) is 0.172. The zero-order valence-electron chi connectivity index (χ0n) is 21.7. The van der Waals surface area contributed by atoms with Gasteiger partial charge in [-0.05, 0) is 41.8 Å². The number of nitrogens with zero attached hydrogens (tertiary/aromatic N) is 5. The molecular formula is C29H27ClN6O3S. The van der Waals surface area contributed by atoms with E-state index in [2.05, 4.69) is 26.7 Å². The van der Waals surface area contributed by atoms with Crippen LogP contribution in [0.2, 0.25) is 5.02 Å². The molecule has 0 aliphatic carbocycles. The molecule has 5 rings (SSSR count). The van der Waals surface area contributed by atoms with Gasteiger partial charge in [-0.15, -0.1) is 5.10 Å². The Morgan fingerprint density at radius 2 is 1.60 bits per heavy atom. The summed E-state index contributed by atoms with van der Waals surface area (Å²) in [6.45, 7) is 2.40. The van der Waals surface area contributed by atoms with Gasteiger partial charge in [0.1, 0.15) is 5.82 Å². The van der Waals surface area contributed by atoms with Crippen molar-refractivity contribution in [2.75, 3.05) is 4.72 Å². The molecule has 0 radical (unpaired) electrons. The molecule has 0 unspecified atom stereocenters. The zero-order chi connectivity index (χ0) is 28.1. The molecule has 5 aromatic rings. The minimum absolute atomic E-state index is 0.00527. The van der Waals surface area contributed by atoms with Gasteiger partial charge >= 0.3 is 5.69 Å². The summed E-state index contributed by atoms with van der Waals surface area (Å²) in [6, 6.07) is 22.9. The number of hydrogen-bond acceptors (Lipinski definition) is 6. The number of halogens is 1. The minimum atomic E-state index is -3.94. The van der Waals surface area contributed by atoms with E-state index in [1.54, 1.807) is 41.0 Å². The number of anilines is 1. The molecule has 0 saturated carbocycles. The fourth-order valence-electron chi connectivity index (χ4n) is 4.33. The van der Waals surface area contributed by atoms with Crippen LogP contribution in [0.5, 0.6) is 0 Å². The van der Waals surface area contributed by atoms with E-state index in [1.807, 2.05) is 36.4 Å². The average molecular weight is 575 g/mol. The molecule has 2 aromatic heterocycles. The van der Waals surface area contributed by atoms with E-state index in [1.165, 1.54) is 23.1 Å².